The van der Waals surface area contributed by atoms with Crippen molar-refractivity contribution in [2.24, 2.45) is 5.92 Å². The van der Waals surface area contributed by atoms with Crippen molar-refractivity contribution in [2.45, 2.75) is 12.8 Å². The minimum atomic E-state index is -0.0360. The standard InChI is InChI=1S/C17H16ClNO2/c1-21-16-7-6-14(18)10-15(16)19-17(20)13-8-11-4-2-3-5-12(11)9-13/h2-7,10,13H,8-9H2,1H3,(H,19,20). The van der Waals surface area contributed by atoms with E-state index in [4.69, 9.17) is 16.3 Å². The van der Waals surface area contributed by atoms with Crippen LogP contribution in [0.15, 0.2) is 42.5 Å². The average molecular weight is 302 g/mol. The number of methoxy groups -OCH3 is 1. The number of ether oxygens (including phenoxy) is 1. The third kappa shape index (κ3) is 2.88. The molecule has 0 unspecified atom stereocenters. The second-order valence-electron chi connectivity index (χ2n) is 5.21. The lowest BCUT2D eigenvalue weighted by Crippen LogP contribution is -2.23. The highest BCUT2D eigenvalue weighted by molar-refractivity contribution is 6.31. The summed E-state index contributed by atoms with van der Waals surface area (Å²) < 4.78 is 5.25. The predicted octanol–water partition coefficient (Wildman–Crippen LogP) is 3.70. The fourth-order valence-electron chi connectivity index (χ4n) is 2.76. The summed E-state index contributed by atoms with van der Waals surface area (Å²) in [6.07, 6.45) is 1.57. The molecular formula is C17H16ClNO2. The molecule has 0 atom stereocenters. The molecule has 2 aromatic rings. The van der Waals surface area contributed by atoms with Gasteiger partial charge in [-0.05, 0) is 42.2 Å². The number of rotatable bonds is 3. The van der Waals surface area contributed by atoms with E-state index in [0.29, 0.717) is 16.5 Å². The van der Waals surface area contributed by atoms with Crippen LogP contribution < -0.4 is 10.1 Å². The van der Waals surface area contributed by atoms with E-state index in [2.05, 4.69) is 17.4 Å². The largest absolute Gasteiger partial charge is 0.495 e. The minimum absolute atomic E-state index is 0.00627. The third-order valence-corrected chi connectivity index (χ3v) is 4.08. The van der Waals surface area contributed by atoms with Gasteiger partial charge in [0.1, 0.15) is 5.75 Å². The number of benzene rings is 2. The van der Waals surface area contributed by atoms with Crippen molar-refractivity contribution in [2.75, 3.05) is 12.4 Å². The zero-order chi connectivity index (χ0) is 14.8. The summed E-state index contributed by atoms with van der Waals surface area (Å²) in [5.74, 6) is 0.584. The first kappa shape index (κ1) is 14.0. The molecule has 1 aliphatic rings. The van der Waals surface area contributed by atoms with Gasteiger partial charge in [0.25, 0.3) is 0 Å². The molecule has 0 saturated heterocycles. The molecule has 0 bridgehead atoms. The van der Waals surface area contributed by atoms with Crippen LogP contribution in [0.1, 0.15) is 11.1 Å². The van der Waals surface area contributed by atoms with Crippen LogP contribution >= 0.6 is 11.6 Å². The number of nitrogens with one attached hydrogen (secondary N) is 1. The molecule has 3 nitrogen and oxygen atoms in total. The number of amides is 1. The first-order valence-electron chi connectivity index (χ1n) is 6.88. The van der Waals surface area contributed by atoms with Gasteiger partial charge in [-0.2, -0.15) is 0 Å². The Morgan fingerprint density at radius 3 is 2.48 bits per heavy atom. The van der Waals surface area contributed by atoms with Crippen LogP contribution in [-0.4, -0.2) is 13.0 Å². The monoisotopic (exact) mass is 301 g/mol. The minimum Gasteiger partial charge on any atom is -0.495 e. The number of hydrogen-bond acceptors (Lipinski definition) is 2. The van der Waals surface area contributed by atoms with Crippen LogP contribution in [0.3, 0.4) is 0 Å². The summed E-state index contributed by atoms with van der Waals surface area (Å²) in [6, 6.07) is 13.4. The number of fused-ring (bicyclic) bond motifs is 1. The molecule has 0 spiro atoms. The Morgan fingerprint density at radius 2 is 1.86 bits per heavy atom. The van der Waals surface area contributed by atoms with Gasteiger partial charge in [0.2, 0.25) is 5.91 Å². The summed E-state index contributed by atoms with van der Waals surface area (Å²) in [6.45, 7) is 0. The molecule has 0 aromatic heterocycles. The van der Waals surface area contributed by atoms with Crippen molar-refractivity contribution in [1.29, 1.82) is 0 Å². The van der Waals surface area contributed by atoms with Crippen molar-refractivity contribution in [1.82, 2.24) is 0 Å². The maximum Gasteiger partial charge on any atom is 0.228 e. The Kier molecular flexibility index (Phi) is 3.84. The normalized spacial score (nSPS) is 13.8. The topological polar surface area (TPSA) is 38.3 Å². The van der Waals surface area contributed by atoms with Gasteiger partial charge in [-0.15, -0.1) is 0 Å². The Hall–Kier alpha value is -2.00. The average Bonchev–Trinajstić information content (AvgIpc) is 2.91. The molecule has 3 rings (SSSR count). The van der Waals surface area contributed by atoms with Crippen molar-refractivity contribution >= 4 is 23.2 Å². The molecule has 0 aliphatic heterocycles. The molecule has 0 heterocycles. The highest BCUT2D eigenvalue weighted by atomic mass is 35.5. The van der Waals surface area contributed by atoms with Gasteiger partial charge in [0.05, 0.1) is 12.8 Å². The SMILES string of the molecule is COc1ccc(Cl)cc1NC(=O)C1Cc2ccccc2C1. The van der Waals surface area contributed by atoms with Crippen molar-refractivity contribution in [3.8, 4) is 5.75 Å². The summed E-state index contributed by atoms with van der Waals surface area (Å²) in [4.78, 5) is 12.5. The van der Waals surface area contributed by atoms with Gasteiger partial charge in [-0.3, -0.25) is 4.79 Å². The molecule has 0 radical (unpaired) electrons. The first-order valence-corrected chi connectivity index (χ1v) is 7.26. The fraction of sp³-hybridized carbons (Fsp3) is 0.235. The second-order valence-corrected chi connectivity index (χ2v) is 5.64. The zero-order valence-corrected chi connectivity index (χ0v) is 12.5. The molecule has 0 fully saturated rings. The molecule has 2 aromatic carbocycles. The highest BCUT2D eigenvalue weighted by Crippen LogP contribution is 2.31. The Bertz CT molecular complexity index is 659. The molecule has 1 N–H and O–H groups in total. The van der Waals surface area contributed by atoms with E-state index in [0.717, 1.165) is 12.8 Å². The summed E-state index contributed by atoms with van der Waals surface area (Å²) in [5, 5.41) is 3.50. The van der Waals surface area contributed by atoms with Crippen molar-refractivity contribution < 1.29 is 9.53 Å². The van der Waals surface area contributed by atoms with Gasteiger partial charge in [-0.25, -0.2) is 0 Å². The smallest absolute Gasteiger partial charge is 0.228 e. The molecule has 1 aliphatic carbocycles. The first-order chi connectivity index (χ1) is 10.2. The summed E-state index contributed by atoms with van der Waals surface area (Å²) in [7, 11) is 1.57. The number of carbonyl (C=O) groups is 1. The molecule has 21 heavy (non-hydrogen) atoms. The van der Waals surface area contributed by atoms with E-state index < -0.39 is 0 Å². The predicted molar refractivity (Wildman–Crippen MR) is 84.0 cm³/mol. The van der Waals surface area contributed by atoms with E-state index in [1.807, 2.05) is 12.1 Å². The van der Waals surface area contributed by atoms with E-state index in [9.17, 15) is 4.79 Å². The van der Waals surface area contributed by atoms with E-state index >= 15 is 0 Å². The number of anilines is 1. The third-order valence-electron chi connectivity index (χ3n) is 3.84. The number of halogens is 1. The van der Waals surface area contributed by atoms with Gasteiger partial charge < -0.3 is 10.1 Å². The lowest BCUT2D eigenvalue weighted by molar-refractivity contribution is -0.119. The lowest BCUT2D eigenvalue weighted by Gasteiger charge is -2.13. The van der Waals surface area contributed by atoms with Crippen LogP contribution in [0, 0.1) is 5.92 Å². The maximum atomic E-state index is 12.5. The van der Waals surface area contributed by atoms with Gasteiger partial charge >= 0.3 is 0 Å². The van der Waals surface area contributed by atoms with Gasteiger partial charge in [0.15, 0.2) is 0 Å². The quantitative estimate of drug-likeness (QED) is 0.938. The van der Waals surface area contributed by atoms with Crippen molar-refractivity contribution in [3.63, 3.8) is 0 Å². The van der Waals surface area contributed by atoms with Crippen LogP contribution in [0.4, 0.5) is 5.69 Å². The maximum absolute atomic E-state index is 12.5. The molecular weight excluding hydrogens is 286 g/mol. The van der Waals surface area contributed by atoms with Gasteiger partial charge in [0, 0.05) is 10.9 Å². The highest BCUT2D eigenvalue weighted by Gasteiger charge is 2.27. The van der Waals surface area contributed by atoms with Crippen LogP contribution in [0.5, 0.6) is 5.75 Å². The van der Waals surface area contributed by atoms with E-state index in [1.54, 1.807) is 25.3 Å². The second kappa shape index (κ2) is 5.78. The Balaban J connectivity index is 1.75. The molecule has 108 valence electrons. The fourth-order valence-corrected chi connectivity index (χ4v) is 2.93. The molecule has 0 saturated carbocycles. The van der Waals surface area contributed by atoms with Crippen LogP contribution in [0.25, 0.3) is 0 Å². The van der Waals surface area contributed by atoms with Crippen molar-refractivity contribution in [3.05, 3.63) is 58.6 Å². The zero-order valence-electron chi connectivity index (χ0n) is 11.7. The molecule has 1 amide bonds. The number of hydrogen-bond donors (Lipinski definition) is 1. The van der Waals surface area contributed by atoms with E-state index in [-0.39, 0.29) is 11.8 Å². The summed E-state index contributed by atoms with van der Waals surface area (Å²) >= 11 is 5.98. The van der Waals surface area contributed by atoms with E-state index in [1.165, 1.54) is 11.1 Å². The Morgan fingerprint density at radius 1 is 1.19 bits per heavy atom. The molecule has 4 heteroatoms. The Labute approximate surface area is 128 Å². The number of carbonyl (C=O) groups excluding carboxylic acids is 1. The van der Waals surface area contributed by atoms with Crippen LogP contribution in [-0.2, 0) is 17.6 Å². The van der Waals surface area contributed by atoms with Crippen LogP contribution in [0.2, 0.25) is 5.02 Å². The lowest BCUT2D eigenvalue weighted by atomic mass is 10.1. The summed E-state index contributed by atoms with van der Waals surface area (Å²) in [5.41, 5.74) is 3.14. The van der Waals surface area contributed by atoms with Gasteiger partial charge in [-0.1, -0.05) is 35.9 Å².